The van der Waals surface area contributed by atoms with Crippen LogP contribution >= 0.6 is 0 Å². The second-order valence-corrected chi connectivity index (χ2v) is 5.82. The summed E-state index contributed by atoms with van der Waals surface area (Å²) in [5.41, 5.74) is 2.19. The van der Waals surface area contributed by atoms with E-state index in [2.05, 4.69) is 10.6 Å². The Hall–Kier alpha value is -3.02. The summed E-state index contributed by atoms with van der Waals surface area (Å²) in [5.74, 6) is 0.673. The number of methoxy groups -OCH3 is 1. The van der Waals surface area contributed by atoms with Gasteiger partial charge in [0.05, 0.1) is 7.11 Å². The maximum Gasteiger partial charge on any atom is 0.262 e. The SMILES string of the molecule is CCCNC(=O)c1ccc(NC(=O)COc2ccc(C)cc2OC)cc1. The van der Waals surface area contributed by atoms with E-state index in [9.17, 15) is 9.59 Å². The maximum absolute atomic E-state index is 12.1. The molecular formula is C20H24N2O4. The van der Waals surface area contributed by atoms with E-state index in [0.717, 1.165) is 12.0 Å². The molecule has 0 saturated carbocycles. The number of nitrogens with one attached hydrogen (secondary N) is 2. The van der Waals surface area contributed by atoms with Crippen LogP contribution in [-0.2, 0) is 4.79 Å². The lowest BCUT2D eigenvalue weighted by Crippen LogP contribution is -2.24. The smallest absolute Gasteiger partial charge is 0.262 e. The summed E-state index contributed by atoms with van der Waals surface area (Å²) in [4.78, 5) is 23.9. The second-order valence-electron chi connectivity index (χ2n) is 5.82. The van der Waals surface area contributed by atoms with Crippen molar-refractivity contribution < 1.29 is 19.1 Å². The molecule has 0 unspecified atom stereocenters. The lowest BCUT2D eigenvalue weighted by molar-refractivity contribution is -0.118. The number of carbonyl (C=O) groups excluding carboxylic acids is 2. The van der Waals surface area contributed by atoms with Crippen LogP contribution in [0.15, 0.2) is 42.5 Å². The van der Waals surface area contributed by atoms with Gasteiger partial charge in [-0.3, -0.25) is 9.59 Å². The average Bonchev–Trinajstić information content (AvgIpc) is 2.65. The molecule has 2 aromatic rings. The van der Waals surface area contributed by atoms with Crippen molar-refractivity contribution in [2.24, 2.45) is 0 Å². The van der Waals surface area contributed by atoms with E-state index in [1.165, 1.54) is 0 Å². The summed E-state index contributed by atoms with van der Waals surface area (Å²) >= 11 is 0. The van der Waals surface area contributed by atoms with Crippen molar-refractivity contribution in [1.29, 1.82) is 0 Å². The van der Waals surface area contributed by atoms with Crippen LogP contribution < -0.4 is 20.1 Å². The van der Waals surface area contributed by atoms with Crippen LogP contribution in [0.3, 0.4) is 0 Å². The van der Waals surface area contributed by atoms with E-state index in [-0.39, 0.29) is 18.4 Å². The van der Waals surface area contributed by atoms with Crippen LogP contribution in [0.4, 0.5) is 5.69 Å². The minimum atomic E-state index is -0.296. The van der Waals surface area contributed by atoms with Crippen molar-refractivity contribution in [2.75, 3.05) is 25.6 Å². The van der Waals surface area contributed by atoms with Gasteiger partial charge in [0.2, 0.25) is 0 Å². The molecule has 0 spiro atoms. The number of hydrogen-bond acceptors (Lipinski definition) is 4. The number of carbonyl (C=O) groups is 2. The molecule has 2 N–H and O–H groups in total. The molecule has 0 heterocycles. The first-order valence-corrected chi connectivity index (χ1v) is 8.49. The highest BCUT2D eigenvalue weighted by Crippen LogP contribution is 2.27. The summed E-state index contributed by atoms with van der Waals surface area (Å²) in [6, 6.07) is 12.2. The zero-order valence-corrected chi connectivity index (χ0v) is 15.3. The largest absolute Gasteiger partial charge is 0.493 e. The van der Waals surface area contributed by atoms with Crippen molar-refractivity contribution in [1.82, 2.24) is 5.32 Å². The summed E-state index contributed by atoms with van der Waals surface area (Å²) in [7, 11) is 1.56. The zero-order valence-electron chi connectivity index (χ0n) is 15.3. The first-order chi connectivity index (χ1) is 12.5. The van der Waals surface area contributed by atoms with Crippen LogP contribution in [0, 0.1) is 6.92 Å². The Labute approximate surface area is 153 Å². The van der Waals surface area contributed by atoms with Crippen molar-refractivity contribution in [3.8, 4) is 11.5 Å². The van der Waals surface area contributed by atoms with Gasteiger partial charge in [-0.15, -0.1) is 0 Å². The minimum Gasteiger partial charge on any atom is -0.493 e. The van der Waals surface area contributed by atoms with Crippen molar-refractivity contribution in [3.05, 3.63) is 53.6 Å². The highest BCUT2D eigenvalue weighted by atomic mass is 16.5. The van der Waals surface area contributed by atoms with Crippen LogP contribution in [-0.4, -0.2) is 32.1 Å². The standard InChI is InChI=1S/C20H24N2O4/c1-4-11-21-20(24)15-6-8-16(9-7-15)22-19(23)13-26-17-10-5-14(2)12-18(17)25-3/h5-10,12H,4,11,13H2,1-3H3,(H,21,24)(H,22,23). The Morgan fingerprint density at radius 2 is 1.77 bits per heavy atom. The Morgan fingerprint density at radius 3 is 2.42 bits per heavy atom. The molecule has 6 nitrogen and oxygen atoms in total. The fourth-order valence-corrected chi connectivity index (χ4v) is 2.28. The molecule has 0 atom stereocenters. The van der Waals surface area contributed by atoms with E-state index >= 15 is 0 Å². The molecule has 138 valence electrons. The molecular weight excluding hydrogens is 332 g/mol. The van der Waals surface area contributed by atoms with Crippen molar-refractivity contribution >= 4 is 17.5 Å². The molecule has 0 radical (unpaired) electrons. The number of anilines is 1. The molecule has 6 heteroatoms. The lowest BCUT2D eigenvalue weighted by Gasteiger charge is -2.11. The third-order valence-electron chi connectivity index (χ3n) is 3.64. The molecule has 26 heavy (non-hydrogen) atoms. The number of amides is 2. The topological polar surface area (TPSA) is 76.7 Å². The van der Waals surface area contributed by atoms with Crippen LogP contribution in [0.2, 0.25) is 0 Å². The monoisotopic (exact) mass is 356 g/mol. The quantitative estimate of drug-likeness (QED) is 0.762. The van der Waals surface area contributed by atoms with Gasteiger partial charge in [-0.25, -0.2) is 0 Å². The fraction of sp³-hybridized carbons (Fsp3) is 0.300. The summed E-state index contributed by atoms with van der Waals surface area (Å²) < 4.78 is 10.8. The second kappa shape index (κ2) is 9.46. The molecule has 2 rings (SSSR count). The predicted octanol–water partition coefficient (Wildman–Crippen LogP) is 3.16. The fourth-order valence-electron chi connectivity index (χ4n) is 2.28. The molecule has 0 aliphatic heterocycles. The van der Waals surface area contributed by atoms with Crippen LogP contribution in [0.1, 0.15) is 29.3 Å². The van der Waals surface area contributed by atoms with Crippen LogP contribution in [0.5, 0.6) is 11.5 Å². The molecule has 0 bridgehead atoms. The van der Waals surface area contributed by atoms with Crippen LogP contribution in [0.25, 0.3) is 0 Å². The van der Waals surface area contributed by atoms with Gasteiger partial charge in [0, 0.05) is 17.8 Å². The minimum absolute atomic E-state index is 0.125. The van der Waals surface area contributed by atoms with Gasteiger partial charge in [-0.05, 0) is 55.3 Å². The predicted molar refractivity (Wildman–Crippen MR) is 101 cm³/mol. The summed E-state index contributed by atoms with van der Waals surface area (Å²) in [5, 5.41) is 5.54. The molecule has 0 aromatic heterocycles. The normalized spacial score (nSPS) is 10.1. The molecule has 2 aromatic carbocycles. The number of ether oxygens (including phenoxy) is 2. The first-order valence-electron chi connectivity index (χ1n) is 8.49. The van der Waals surface area contributed by atoms with E-state index in [4.69, 9.17) is 9.47 Å². The first kappa shape index (κ1) is 19.3. The Kier molecular flexibility index (Phi) is 7.02. The van der Waals surface area contributed by atoms with Gasteiger partial charge in [0.15, 0.2) is 18.1 Å². The number of hydrogen-bond donors (Lipinski definition) is 2. The molecule has 0 fully saturated rings. The third kappa shape index (κ3) is 5.51. The van der Waals surface area contributed by atoms with Gasteiger partial charge in [-0.2, -0.15) is 0 Å². The average molecular weight is 356 g/mol. The maximum atomic E-state index is 12.1. The zero-order chi connectivity index (χ0) is 18.9. The number of aryl methyl sites for hydroxylation is 1. The van der Waals surface area contributed by atoms with Crippen molar-refractivity contribution in [3.63, 3.8) is 0 Å². The molecule has 0 aliphatic rings. The van der Waals surface area contributed by atoms with Gasteiger partial charge < -0.3 is 20.1 Å². The van der Waals surface area contributed by atoms with Gasteiger partial charge in [0.25, 0.3) is 11.8 Å². The molecule has 2 amide bonds. The van der Waals surface area contributed by atoms with Gasteiger partial charge in [-0.1, -0.05) is 13.0 Å². The highest BCUT2D eigenvalue weighted by Gasteiger charge is 2.09. The third-order valence-corrected chi connectivity index (χ3v) is 3.64. The van der Waals surface area contributed by atoms with E-state index in [1.807, 2.05) is 26.0 Å². The molecule has 0 aliphatic carbocycles. The number of benzene rings is 2. The Bertz CT molecular complexity index is 757. The number of rotatable bonds is 8. The Morgan fingerprint density at radius 1 is 1.04 bits per heavy atom. The van der Waals surface area contributed by atoms with Crippen molar-refractivity contribution in [2.45, 2.75) is 20.3 Å². The molecule has 0 saturated heterocycles. The van der Waals surface area contributed by atoms with E-state index in [0.29, 0.717) is 29.3 Å². The summed E-state index contributed by atoms with van der Waals surface area (Å²) in [6.07, 6.45) is 0.881. The highest BCUT2D eigenvalue weighted by molar-refractivity contribution is 5.96. The van der Waals surface area contributed by atoms with E-state index < -0.39 is 0 Å². The summed E-state index contributed by atoms with van der Waals surface area (Å²) in [6.45, 7) is 4.44. The lowest BCUT2D eigenvalue weighted by atomic mass is 10.2. The van der Waals surface area contributed by atoms with Gasteiger partial charge in [0.1, 0.15) is 0 Å². The van der Waals surface area contributed by atoms with Gasteiger partial charge >= 0.3 is 0 Å². The Balaban J connectivity index is 1.89. The van der Waals surface area contributed by atoms with E-state index in [1.54, 1.807) is 37.4 Å².